The summed E-state index contributed by atoms with van der Waals surface area (Å²) >= 11 is 0. The molecule has 33 heavy (non-hydrogen) atoms. The van der Waals surface area contributed by atoms with Crippen molar-refractivity contribution in [1.82, 2.24) is 0 Å². The van der Waals surface area contributed by atoms with E-state index in [0.29, 0.717) is 28.0 Å². The van der Waals surface area contributed by atoms with E-state index in [2.05, 4.69) is 11.4 Å². The largest absolute Gasteiger partial charge is 0.422 e. The number of carbonyl (C=O) groups is 1. The van der Waals surface area contributed by atoms with Crippen LogP contribution in [-0.4, -0.2) is 5.91 Å². The van der Waals surface area contributed by atoms with E-state index < -0.39 is 11.0 Å². The maximum absolute atomic E-state index is 12.9. The summed E-state index contributed by atoms with van der Waals surface area (Å²) in [6.07, 6.45) is 3.89. The first-order valence-corrected chi connectivity index (χ1v) is 11.0. The molecule has 5 heteroatoms. The van der Waals surface area contributed by atoms with Crippen LogP contribution in [0, 0.1) is 11.3 Å². The number of amides is 1. The maximum Gasteiger partial charge on any atom is 0.344 e. The normalized spacial score (nSPS) is 14.6. The molecule has 0 aliphatic heterocycles. The van der Waals surface area contributed by atoms with E-state index in [-0.39, 0.29) is 5.91 Å². The van der Waals surface area contributed by atoms with Gasteiger partial charge in [-0.25, -0.2) is 4.79 Å². The molecule has 162 valence electrons. The minimum absolute atomic E-state index is 0.273. The number of hydrogen-bond donors (Lipinski definition) is 1. The lowest BCUT2D eigenvalue weighted by molar-refractivity contribution is 0.102. The Morgan fingerprint density at radius 2 is 1.70 bits per heavy atom. The number of para-hydroxylation sites is 1. The van der Waals surface area contributed by atoms with E-state index >= 15 is 0 Å². The van der Waals surface area contributed by atoms with Crippen molar-refractivity contribution in [2.75, 3.05) is 5.32 Å². The Balaban J connectivity index is 1.38. The first-order chi connectivity index (χ1) is 16.1. The van der Waals surface area contributed by atoms with Crippen LogP contribution < -0.4 is 10.9 Å². The van der Waals surface area contributed by atoms with Crippen LogP contribution in [0.1, 0.15) is 41.6 Å². The summed E-state index contributed by atoms with van der Waals surface area (Å²) < 4.78 is 5.43. The van der Waals surface area contributed by atoms with Gasteiger partial charge in [0.2, 0.25) is 0 Å². The number of nitriles is 1. The first kappa shape index (κ1) is 20.7. The lowest BCUT2D eigenvalue weighted by Gasteiger charge is -2.21. The summed E-state index contributed by atoms with van der Waals surface area (Å²) in [5.41, 5.74) is 2.81. The van der Waals surface area contributed by atoms with Crippen molar-refractivity contribution in [2.45, 2.75) is 31.1 Å². The number of carbonyl (C=O) groups excluding carboxylic acids is 1. The molecule has 5 nitrogen and oxygen atoms in total. The zero-order chi connectivity index (χ0) is 22.8. The number of fused-ring (bicyclic) bond motifs is 1. The second kappa shape index (κ2) is 8.40. The summed E-state index contributed by atoms with van der Waals surface area (Å²) in [7, 11) is 0. The Labute approximate surface area is 191 Å². The van der Waals surface area contributed by atoms with Gasteiger partial charge in [-0.3, -0.25) is 4.79 Å². The maximum atomic E-state index is 12.9. The third kappa shape index (κ3) is 3.92. The van der Waals surface area contributed by atoms with E-state index in [4.69, 9.17) is 4.42 Å². The highest BCUT2D eigenvalue weighted by Crippen LogP contribution is 2.40. The van der Waals surface area contributed by atoms with Crippen LogP contribution >= 0.6 is 0 Å². The molecule has 1 aromatic heterocycles. The van der Waals surface area contributed by atoms with Gasteiger partial charge < -0.3 is 9.73 Å². The Bertz CT molecular complexity index is 1440. The van der Waals surface area contributed by atoms with Gasteiger partial charge in [0.25, 0.3) is 5.91 Å². The van der Waals surface area contributed by atoms with Crippen LogP contribution in [0.4, 0.5) is 5.69 Å². The van der Waals surface area contributed by atoms with E-state index in [0.717, 1.165) is 36.6 Å². The Hall–Kier alpha value is -4.17. The van der Waals surface area contributed by atoms with Crippen LogP contribution in [0.5, 0.6) is 0 Å². The summed E-state index contributed by atoms with van der Waals surface area (Å²) in [4.78, 5) is 25.4. The van der Waals surface area contributed by atoms with Crippen molar-refractivity contribution < 1.29 is 9.21 Å². The topological polar surface area (TPSA) is 83.1 Å². The zero-order valence-electron chi connectivity index (χ0n) is 18.0. The van der Waals surface area contributed by atoms with Crippen molar-refractivity contribution in [3.05, 3.63) is 100 Å². The molecule has 0 spiro atoms. The van der Waals surface area contributed by atoms with Crippen LogP contribution in [-0.2, 0) is 5.41 Å². The van der Waals surface area contributed by atoms with E-state index in [1.807, 2.05) is 42.5 Å². The molecule has 1 saturated carbocycles. The van der Waals surface area contributed by atoms with Crippen molar-refractivity contribution in [2.24, 2.45) is 0 Å². The fourth-order valence-corrected chi connectivity index (χ4v) is 4.61. The highest BCUT2D eigenvalue weighted by atomic mass is 16.4. The van der Waals surface area contributed by atoms with Crippen LogP contribution in [0.3, 0.4) is 0 Å². The molecule has 0 unspecified atom stereocenters. The summed E-state index contributed by atoms with van der Waals surface area (Å²) in [5.74, 6) is -0.273. The first-order valence-electron chi connectivity index (χ1n) is 11.0. The van der Waals surface area contributed by atoms with Gasteiger partial charge in [0.15, 0.2) is 0 Å². The number of rotatable bonds is 4. The summed E-state index contributed by atoms with van der Waals surface area (Å²) in [6.45, 7) is 0. The monoisotopic (exact) mass is 434 g/mol. The van der Waals surface area contributed by atoms with Gasteiger partial charge in [0.05, 0.1) is 17.0 Å². The van der Waals surface area contributed by atoms with Gasteiger partial charge in [-0.2, -0.15) is 5.26 Å². The van der Waals surface area contributed by atoms with Crippen LogP contribution in [0.2, 0.25) is 0 Å². The molecule has 1 aliphatic rings. The van der Waals surface area contributed by atoms with Gasteiger partial charge in [-0.15, -0.1) is 0 Å². The van der Waals surface area contributed by atoms with Crippen molar-refractivity contribution in [1.29, 1.82) is 5.26 Å². The molecule has 3 aromatic carbocycles. The van der Waals surface area contributed by atoms with Gasteiger partial charge in [0, 0.05) is 16.6 Å². The molecular formula is C28H22N2O3. The van der Waals surface area contributed by atoms with Crippen molar-refractivity contribution in [3.63, 3.8) is 0 Å². The van der Waals surface area contributed by atoms with Gasteiger partial charge in [-0.05, 0) is 60.4 Å². The SMILES string of the molecule is N#CC1(c2ccc(NC(=O)c3cccc(-c4cc5ccccc5oc4=O)c3)cc2)CCCC1. The zero-order valence-corrected chi connectivity index (χ0v) is 18.0. The fourth-order valence-electron chi connectivity index (χ4n) is 4.61. The number of anilines is 1. The highest BCUT2D eigenvalue weighted by molar-refractivity contribution is 6.05. The van der Waals surface area contributed by atoms with Gasteiger partial charge in [-0.1, -0.05) is 55.3 Å². The molecule has 5 rings (SSSR count). The van der Waals surface area contributed by atoms with E-state index in [1.165, 1.54) is 0 Å². The molecule has 0 bridgehead atoms. The predicted octanol–water partition coefficient (Wildman–Crippen LogP) is 6.05. The van der Waals surface area contributed by atoms with Crippen LogP contribution in [0.15, 0.2) is 88.1 Å². The molecule has 1 aliphatic carbocycles. The molecule has 0 radical (unpaired) electrons. The average molecular weight is 434 g/mol. The third-order valence-corrected chi connectivity index (χ3v) is 6.44. The molecular weight excluding hydrogens is 412 g/mol. The lowest BCUT2D eigenvalue weighted by Crippen LogP contribution is -2.19. The summed E-state index contributed by atoms with van der Waals surface area (Å²) in [6, 6.07) is 26.1. The number of nitrogens with zero attached hydrogens (tertiary/aromatic N) is 1. The second-order valence-corrected chi connectivity index (χ2v) is 8.50. The molecule has 1 fully saturated rings. The molecule has 1 heterocycles. The smallest absolute Gasteiger partial charge is 0.344 e. The van der Waals surface area contributed by atoms with Gasteiger partial charge in [0.1, 0.15) is 5.58 Å². The minimum atomic E-state index is -0.444. The quantitative estimate of drug-likeness (QED) is 0.397. The molecule has 0 saturated heterocycles. The third-order valence-electron chi connectivity index (χ3n) is 6.44. The number of benzene rings is 3. The highest BCUT2D eigenvalue weighted by Gasteiger charge is 2.35. The van der Waals surface area contributed by atoms with Crippen molar-refractivity contribution >= 4 is 22.6 Å². The predicted molar refractivity (Wildman–Crippen MR) is 128 cm³/mol. The number of hydrogen-bond acceptors (Lipinski definition) is 4. The molecule has 4 aromatic rings. The fraction of sp³-hybridized carbons (Fsp3) is 0.179. The molecule has 0 atom stereocenters. The van der Waals surface area contributed by atoms with Crippen LogP contribution in [0.25, 0.3) is 22.1 Å². The van der Waals surface area contributed by atoms with Gasteiger partial charge >= 0.3 is 5.63 Å². The Morgan fingerprint density at radius 1 is 0.939 bits per heavy atom. The second-order valence-electron chi connectivity index (χ2n) is 8.50. The average Bonchev–Trinajstić information content (AvgIpc) is 3.34. The number of nitrogens with one attached hydrogen (secondary N) is 1. The minimum Gasteiger partial charge on any atom is -0.422 e. The Kier molecular flexibility index (Phi) is 5.27. The standard InChI is InChI=1S/C28H22N2O3/c29-18-28(14-3-4-15-28)22-10-12-23(13-11-22)30-26(31)21-8-5-7-19(16-21)24-17-20-6-1-2-9-25(20)33-27(24)32/h1-2,5-13,16-17H,3-4,14-15H2,(H,30,31). The molecule has 1 N–H and O–H groups in total. The van der Waals surface area contributed by atoms with E-state index in [9.17, 15) is 14.9 Å². The Morgan fingerprint density at radius 3 is 2.45 bits per heavy atom. The molecule has 1 amide bonds. The summed E-state index contributed by atoms with van der Waals surface area (Å²) in [5, 5.41) is 13.4. The van der Waals surface area contributed by atoms with E-state index in [1.54, 1.807) is 36.4 Å². The van der Waals surface area contributed by atoms with Crippen molar-refractivity contribution in [3.8, 4) is 17.2 Å². The lowest BCUT2D eigenvalue weighted by atomic mass is 9.80.